The summed E-state index contributed by atoms with van der Waals surface area (Å²) < 4.78 is 0. The fourth-order valence-electron chi connectivity index (χ4n) is 1.04. The molecular weight excluding hydrogens is 164 g/mol. The minimum atomic E-state index is -1.51. The SMILES string of the molecule is C#C[C@](C)(O)[C@@H](O)c1ccccc1. The predicted octanol–water partition coefficient (Wildman–Crippen LogP) is 1.10. The number of hydrogen-bond donors (Lipinski definition) is 2. The maximum atomic E-state index is 9.66. The highest BCUT2D eigenvalue weighted by atomic mass is 16.3. The smallest absolute Gasteiger partial charge is 0.152 e. The van der Waals surface area contributed by atoms with E-state index in [0.717, 1.165) is 0 Å². The van der Waals surface area contributed by atoms with Crippen LogP contribution in [0, 0.1) is 12.3 Å². The van der Waals surface area contributed by atoms with Gasteiger partial charge in [-0.25, -0.2) is 0 Å². The monoisotopic (exact) mass is 176 g/mol. The van der Waals surface area contributed by atoms with Gasteiger partial charge in [-0.05, 0) is 12.5 Å². The standard InChI is InChI=1S/C11H12O2/c1-3-11(2,13)10(12)9-7-5-4-6-8-9/h1,4-8,10,12-13H,2H3/t10-,11-/m0/s1. The number of rotatable bonds is 2. The van der Waals surface area contributed by atoms with E-state index >= 15 is 0 Å². The van der Waals surface area contributed by atoms with Crippen molar-refractivity contribution in [3.63, 3.8) is 0 Å². The van der Waals surface area contributed by atoms with E-state index in [1.165, 1.54) is 6.92 Å². The molecule has 2 N–H and O–H groups in total. The van der Waals surface area contributed by atoms with Gasteiger partial charge >= 0.3 is 0 Å². The molecular formula is C11H12O2. The van der Waals surface area contributed by atoms with Crippen molar-refractivity contribution in [1.82, 2.24) is 0 Å². The third-order valence-corrected chi connectivity index (χ3v) is 1.94. The van der Waals surface area contributed by atoms with Crippen molar-refractivity contribution in [3.8, 4) is 12.3 Å². The lowest BCUT2D eigenvalue weighted by molar-refractivity contribution is -0.0204. The molecule has 2 heteroatoms. The third-order valence-electron chi connectivity index (χ3n) is 1.94. The van der Waals surface area contributed by atoms with Crippen molar-refractivity contribution in [2.75, 3.05) is 0 Å². The Kier molecular flexibility index (Phi) is 2.72. The summed E-state index contributed by atoms with van der Waals surface area (Å²) in [5, 5.41) is 19.2. The van der Waals surface area contributed by atoms with Gasteiger partial charge in [-0.15, -0.1) is 6.42 Å². The molecule has 0 fully saturated rings. The molecule has 0 unspecified atom stereocenters. The van der Waals surface area contributed by atoms with E-state index in [1.54, 1.807) is 24.3 Å². The summed E-state index contributed by atoms with van der Waals surface area (Å²) in [5.74, 6) is 2.15. The maximum absolute atomic E-state index is 9.66. The summed E-state index contributed by atoms with van der Waals surface area (Å²) in [5.41, 5.74) is -0.896. The molecule has 2 nitrogen and oxygen atoms in total. The molecule has 0 spiro atoms. The average molecular weight is 176 g/mol. The molecule has 0 aliphatic heterocycles. The van der Waals surface area contributed by atoms with Crippen LogP contribution in [-0.4, -0.2) is 15.8 Å². The van der Waals surface area contributed by atoms with E-state index in [4.69, 9.17) is 6.42 Å². The molecule has 0 aliphatic rings. The van der Waals surface area contributed by atoms with Crippen LogP contribution >= 0.6 is 0 Å². The van der Waals surface area contributed by atoms with Crippen LogP contribution in [0.25, 0.3) is 0 Å². The molecule has 1 aromatic rings. The van der Waals surface area contributed by atoms with Crippen LogP contribution in [-0.2, 0) is 0 Å². The zero-order valence-corrected chi connectivity index (χ0v) is 7.44. The Morgan fingerprint density at radius 2 is 1.92 bits per heavy atom. The van der Waals surface area contributed by atoms with Gasteiger partial charge in [-0.3, -0.25) is 0 Å². The van der Waals surface area contributed by atoms with Crippen molar-refractivity contribution < 1.29 is 10.2 Å². The van der Waals surface area contributed by atoms with Crippen molar-refractivity contribution in [2.24, 2.45) is 0 Å². The first-order valence-corrected chi connectivity index (χ1v) is 4.01. The van der Waals surface area contributed by atoms with E-state index in [0.29, 0.717) is 5.56 Å². The maximum Gasteiger partial charge on any atom is 0.152 e. The summed E-state index contributed by atoms with van der Waals surface area (Å²) in [4.78, 5) is 0. The second-order valence-corrected chi connectivity index (χ2v) is 3.11. The Morgan fingerprint density at radius 3 is 2.38 bits per heavy atom. The van der Waals surface area contributed by atoms with Crippen molar-refractivity contribution in [2.45, 2.75) is 18.6 Å². The number of aliphatic hydroxyl groups excluding tert-OH is 1. The van der Waals surface area contributed by atoms with E-state index in [9.17, 15) is 10.2 Å². The average Bonchev–Trinajstić information content (AvgIpc) is 2.18. The molecule has 0 saturated carbocycles. The zero-order chi connectivity index (χ0) is 9.90. The zero-order valence-electron chi connectivity index (χ0n) is 7.44. The number of terminal acetylenes is 1. The largest absolute Gasteiger partial charge is 0.384 e. The Bertz CT molecular complexity index is 309. The molecule has 13 heavy (non-hydrogen) atoms. The van der Waals surface area contributed by atoms with Crippen molar-refractivity contribution in [1.29, 1.82) is 0 Å². The molecule has 0 aromatic heterocycles. The van der Waals surface area contributed by atoms with Gasteiger partial charge in [0.15, 0.2) is 5.60 Å². The number of hydrogen-bond acceptors (Lipinski definition) is 2. The molecule has 0 bridgehead atoms. The molecule has 0 saturated heterocycles. The van der Waals surface area contributed by atoms with Gasteiger partial charge in [0.25, 0.3) is 0 Å². The van der Waals surface area contributed by atoms with Gasteiger partial charge in [0.1, 0.15) is 6.10 Å². The number of aliphatic hydroxyl groups is 2. The molecule has 0 aliphatic carbocycles. The summed E-state index contributed by atoms with van der Waals surface area (Å²) in [6.45, 7) is 1.41. The third kappa shape index (κ3) is 2.09. The van der Waals surface area contributed by atoms with Crippen LogP contribution in [0.15, 0.2) is 30.3 Å². The minimum Gasteiger partial charge on any atom is -0.384 e. The molecule has 2 atom stereocenters. The molecule has 0 radical (unpaired) electrons. The second kappa shape index (κ2) is 3.61. The van der Waals surface area contributed by atoms with E-state index < -0.39 is 11.7 Å². The lowest BCUT2D eigenvalue weighted by Crippen LogP contribution is -2.30. The first-order valence-electron chi connectivity index (χ1n) is 4.01. The van der Waals surface area contributed by atoms with Gasteiger partial charge < -0.3 is 10.2 Å². The van der Waals surface area contributed by atoms with Crippen molar-refractivity contribution in [3.05, 3.63) is 35.9 Å². The van der Waals surface area contributed by atoms with Crippen LogP contribution in [0.3, 0.4) is 0 Å². The van der Waals surface area contributed by atoms with Gasteiger partial charge in [0.2, 0.25) is 0 Å². The van der Waals surface area contributed by atoms with E-state index in [1.807, 2.05) is 6.07 Å². The summed E-state index contributed by atoms with van der Waals surface area (Å²) in [6, 6.07) is 8.84. The Balaban J connectivity index is 2.94. The van der Waals surface area contributed by atoms with Crippen LogP contribution in [0.2, 0.25) is 0 Å². The summed E-state index contributed by atoms with van der Waals surface area (Å²) in [6.07, 6.45) is 4.04. The lowest BCUT2D eigenvalue weighted by atomic mass is 9.94. The minimum absolute atomic E-state index is 0.616. The number of benzene rings is 1. The van der Waals surface area contributed by atoms with Crippen LogP contribution in [0.1, 0.15) is 18.6 Å². The molecule has 1 rings (SSSR count). The highest BCUT2D eigenvalue weighted by Gasteiger charge is 2.28. The Labute approximate surface area is 77.8 Å². The van der Waals surface area contributed by atoms with Crippen molar-refractivity contribution >= 4 is 0 Å². The van der Waals surface area contributed by atoms with Gasteiger partial charge in [0, 0.05) is 0 Å². The van der Waals surface area contributed by atoms with Crippen LogP contribution in [0.5, 0.6) is 0 Å². The Morgan fingerprint density at radius 1 is 1.38 bits per heavy atom. The van der Waals surface area contributed by atoms with E-state index in [2.05, 4.69) is 5.92 Å². The first-order chi connectivity index (χ1) is 6.08. The lowest BCUT2D eigenvalue weighted by Gasteiger charge is -2.23. The van der Waals surface area contributed by atoms with Gasteiger partial charge in [0.05, 0.1) is 0 Å². The quantitative estimate of drug-likeness (QED) is 0.662. The molecule has 0 heterocycles. The normalized spacial score (nSPS) is 17.1. The summed E-state index contributed by atoms with van der Waals surface area (Å²) >= 11 is 0. The summed E-state index contributed by atoms with van der Waals surface area (Å²) in [7, 11) is 0. The molecule has 68 valence electrons. The highest BCUT2D eigenvalue weighted by Crippen LogP contribution is 2.24. The first kappa shape index (κ1) is 9.79. The predicted molar refractivity (Wildman–Crippen MR) is 50.9 cm³/mol. The molecule has 1 aromatic carbocycles. The molecule has 0 amide bonds. The topological polar surface area (TPSA) is 40.5 Å². The van der Waals surface area contributed by atoms with Crippen LogP contribution < -0.4 is 0 Å². The Hall–Kier alpha value is -1.30. The van der Waals surface area contributed by atoms with Crippen LogP contribution in [0.4, 0.5) is 0 Å². The van der Waals surface area contributed by atoms with E-state index in [-0.39, 0.29) is 0 Å². The highest BCUT2D eigenvalue weighted by molar-refractivity contribution is 5.24. The van der Waals surface area contributed by atoms with Gasteiger partial charge in [-0.1, -0.05) is 36.3 Å². The van der Waals surface area contributed by atoms with Gasteiger partial charge in [-0.2, -0.15) is 0 Å². The fraction of sp³-hybridized carbons (Fsp3) is 0.273. The fourth-order valence-corrected chi connectivity index (χ4v) is 1.04. The second-order valence-electron chi connectivity index (χ2n) is 3.11.